The third-order valence-corrected chi connectivity index (χ3v) is 5.05. The Morgan fingerprint density at radius 3 is 2.31 bits per heavy atom. The summed E-state index contributed by atoms with van der Waals surface area (Å²) in [5.41, 5.74) is 2.75. The van der Waals surface area contributed by atoms with Crippen LogP contribution in [0.4, 0.5) is 4.39 Å². The van der Waals surface area contributed by atoms with Crippen LogP contribution in [0.25, 0.3) is 0 Å². The molecule has 2 aromatic rings. The minimum atomic E-state index is -0.573. The van der Waals surface area contributed by atoms with Crippen LogP contribution >= 0.6 is 23.2 Å². The van der Waals surface area contributed by atoms with Gasteiger partial charge in [0.2, 0.25) is 0 Å². The van der Waals surface area contributed by atoms with E-state index >= 15 is 0 Å². The average Bonchev–Trinajstić information content (AvgIpc) is 2.84. The Kier molecular flexibility index (Phi) is 6.27. The van der Waals surface area contributed by atoms with Crippen LogP contribution in [0.2, 0.25) is 10.0 Å². The van der Waals surface area contributed by atoms with Crippen LogP contribution in [0.3, 0.4) is 0 Å². The molecule has 0 amide bonds. The summed E-state index contributed by atoms with van der Waals surface area (Å²) in [6.45, 7) is 8.47. The van der Waals surface area contributed by atoms with Crippen molar-refractivity contribution in [2.75, 3.05) is 0 Å². The number of benzene rings is 1. The van der Waals surface area contributed by atoms with Crippen LogP contribution in [0, 0.1) is 19.7 Å². The van der Waals surface area contributed by atoms with Crippen molar-refractivity contribution in [2.45, 2.75) is 46.7 Å². The minimum Gasteiger partial charge on any atom is -0.355 e. The predicted octanol–water partition coefficient (Wildman–Crippen LogP) is 5.20. The summed E-state index contributed by atoms with van der Waals surface area (Å²) in [5, 5.41) is 3.39. The molecule has 0 saturated carbocycles. The van der Waals surface area contributed by atoms with Gasteiger partial charge in [0.25, 0.3) is 0 Å². The van der Waals surface area contributed by atoms with Crippen molar-refractivity contribution in [1.82, 2.24) is 10.3 Å². The quantitative estimate of drug-likeness (QED) is 0.518. The van der Waals surface area contributed by atoms with Crippen molar-refractivity contribution in [3.05, 3.63) is 56.1 Å². The first-order valence-electron chi connectivity index (χ1n) is 8.19. The fourth-order valence-corrected chi connectivity index (χ4v) is 3.70. The van der Waals surface area contributed by atoms with E-state index in [1.165, 1.54) is 19.1 Å². The lowest BCUT2D eigenvalue weighted by molar-refractivity contribution is 0.0940. The van der Waals surface area contributed by atoms with Gasteiger partial charge in [-0.25, -0.2) is 4.39 Å². The first-order valence-corrected chi connectivity index (χ1v) is 8.95. The van der Waals surface area contributed by atoms with Crippen LogP contribution in [-0.2, 0) is 0 Å². The lowest BCUT2D eigenvalue weighted by atomic mass is 10.0. The van der Waals surface area contributed by atoms with E-state index in [0.717, 1.165) is 0 Å². The molecule has 0 bridgehead atoms. The molecule has 0 spiro atoms. The number of hydrogen-bond donors (Lipinski definition) is 2. The topological polar surface area (TPSA) is 62.0 Å². The van der Waals surface area contributed by atoms with Gasteiger partial charge >= 0.3 is 0 Å². The summed E-state index contributed by atoms with van der Waals surface area (Å²) < 4.78 is 13.7. The van der Waals surface area contributed by atoms with Crippen molar-refractivity contribution in [1.29, 1.82) is 0 Å². The monoisotopic (exact) mass is 398 g/mol. The number of hydrogen-bond acceptors (Lipinski definition) is 3. The lowest BCUT2D eigenvalue weighted by Crippen LogP contribution is -2.36. The number of aryl methyl sites for hydroxylation is 1. The van der Waals surface area contributed by atoms with Gasteiger partial charge in [-0.05, 0) is 57.9 Å². The summed E-state index contributed by atoms with van der Waals surface area (Å²) in [5.74, 6) is -0.844. The number of nitrogens with one attached hydrogen (secondary N) is 2. The second-order valence-electron chi connectivity index (χ2n) is 6.44. The van der Waals surface area contributed by atoms with Crippen LogP contribution in [0.5, 0.6) is 0 Å². The first kappa shape index (κ1) is 20.6. The maximum Gasteiger partial charge on any atom is 0.195 e. The fraction of sp³-hybridized carbons (Fsp3) is 0.368. The molecule has 0 aliphatic carbocycles. The van der Waals surface area contributed by atoms with E-state index in [9.17, 15) is 14.0 Å². The molecule has 2 atom stereocenters. The van der Waals surface area contributed by atoms with E-state index in [0.29, 0.717) is 33.1 Å². The van der Waals surface area contributed by atoms with Gasteiger partial charge in [-0.1, -0.05) is 23.2 Å². The van der Waals surface area contributed by atoms with Gasteiger partial charge in [0.05, 0.1) is 16.8 Å². The molecular weight excluding hydrogens is 378 g/mol. The van der Waals surface area contributed by atoms with Crippen molar-refractivity contribution < 1.29 is 14.0 Å². The number of rotatable bonds is 6. The number of carbonyl (C=O) groups excluding carboxylic acids is 2. The molecule has 0 fully saturated rings. The smallest absolute Gasteiger partial charge is 0.195 e. The third-order valence-electron chi connectivity index (χ3n) is 4.44. The predicted molar refractivity (Wildman–Crippen MR) is 102 cm³/mol. The zero-order chi connectivity index (χ0) is 19.8. The number of ketones is 2. The van der Waals surface area contributed by atoms with Crippen molar-refractivity contribution in [3.63, 3.8) is 0 Å². The molecule has 0 radical (unpaired) electrons. The van der Waals surface area contributed by atoms with Gasteiger partial charge in [-0.15, -0.1) is 0 Å². The van der Waals surface area contributed by atoms with E-state index in [2.05, 4.69) is 10.3 Å². The van der Waals surface area contributed by atoms with Gasteiger partial charge in [-0.3, -0.25) is 9.59 Å². The summed E-state index contributed by atoms with van der Waals surface area (Å²) in [6.07, 6.45) is 0. The molecule has 4 nitrogen and oxygen atoms in total. The molecular formula is C19H21Cl2FN2O2. The SMILES string of the molecule is CC(=O)c1c(C)[nH]c(C(=O)[C@@H](C)N[C@@H](C)c2cc(F)c(Cl)cc2Cl)c1C. The highest BCUT2D eigenvalue weighted by molar-refractivity contribution is 6.35. The van der Waals surface area contributed by atoms with Gasteiger partial charge < -0.3 is 10.3 Å². The molecule has 0 aliphatic rings. The van der Waals surface area contributed by atoms with E-state index in [1.807, 2.05) is 0 Å². The number of H-pyrrole nitrogens is 1. The summed E-state index contributed by atoms with van der Waals surface area (Å²) in [6, 6.07) is 1.65. The van der Waals surface area contributed by atoms with Gasteiger partial charge in [0.1, 0.15) is 5.82 Å². The second-order valence-corrected chi connectivity index (χ2v) is 7.26. The number of aromatic nitrogens is 1. The maximum atomic E-state index is 13.7. The van der Waals surface area contributed by atoms with Crippen LogP contribution in [-0.4, -0.2) is 22.6 Å². The number of carbonyl (C=O) groups is 2. The van der Waals surface area contributed by atoms with Crippen LogP contribution in [0.1, 0.15) is 64.5 Å². The molecule has 1 aromatic carbocycles. The highest BCUT2D eigenvalue weighted by atomic mass is 35.5. The standard InChI is InChI=1S/C19H21Cl2FN2O2/c1-8-17(12(5)25)10(3)24-18(8)19(26)11(4)23-9(2)13-6-16(22)15(21)7-14(13)20/h6-7,9,11,23-24H,1-5H3/t9-,11+/m0/s1. The number of Topliss-reactive ketones (excluding diaryl/α,β-unsaturated/α-hetero) is 2. The summed E-state index contributed by atoms with van der Waals surface area (Å²) in [4.78, 5) is 27.5. The van der Waals surface area contributed by atoms with E-state index in [4.69, 9.17) is 23.2 Å². The average molecular weight is 399 g/mol. The van der Waals surface area contributed by atoms with Crippen molar-refractivity contribution in [2.24, 2.45) is 0 Å². The van der Waals surface area contributed by atoms with Crippen molar-refractivity contribution in [3.8, 4) is 0 Å². The zero-order valence-electron chi connectivity index (χ0n) is 15.3. The minimum absolute atomic E-state index is 0.0516. The Bertz CT molecular complexity index is 877. The third kappa shape index (κ3) is 4.00. The number of aromatic amines is 1. The molecule has 0 saturated heterocycles. The molecule has 0 aliphatic heterocycles. The molecule has 26 heavy (non-hydrogen) atoms. The molecule has 2 rings (SSSR count). The Labute approximate surface area is 162 Å². The molecule has 7 heteroatoms. The van der Waals surface area contributed by atoms with Crippen LogP contribution in [0.15, 0.2) is 12.1 Å². The summed E-state index contributed by atoms with van der Waals surface area (Å²) >= 11 is 11.9. The van der Waals surface area contributed by atoms with E-state index in [1.54, 1.807) is 27.7 Å². The van der Waals surface area contributed by atoms with Crippen LogP contribution < -0.4 is 5.32 Å². The summed E-state index contributed by atoms with van der Waals surface area (Å²) in [7, 11) is 0. The fourth-order valence-electron chi connectivity index (χ4n) is 3.15. The molecule has 0 unspecified atom stereocenters. The Hall–Kier alpha value is -1.69. The van der Waals surface area contributed by atoms with E-state index < -0.39 is 11.9 Å². The Balaban J connectivity index is 2.24. The largest absolute Gasteiger partial charge is 0.355 e. The molecule has 1 heterocycles. The lowest BCUT2D eigenvalue weighted by Gasteiger charge is -2.20. The number of halogens is 3. The zero-order valence-corrected chi connectivity index (χ0v) is 16.8. The Morgan fingerprint density at radius 1 is 1.15 bits per heavy atom. The normalized spacial score (nSPS) is 13.5. The van der Waals surface area contributed by atoms with Gasteiger partial charge in [0, 0.05) is 22.3 Å². The molecule has 1 aromatic heterocycles. The first-order chi connectivity index (χ1) is 12.0. The second kappa shape index (κ2) is 7.91. The van der Waals surface area contributed by atoms with Gasteiger partial charge in [0.15, 0.2) is 11.6 Å². The van der Waals surface area contributed by atoms with Gasteiger partial charge in [-0.2, -0.15) is 0 Å². The van der Waals surface area contributed by atoms with Crippen molar-refractivity contribution >= 4 is 34.8 Å². The Morgan fingerprint density at radius 2 is 1.77 bits per heavy atom. The highest BCUT2D eigenvalue weighted by Gasteiger charge is 2.25. The highest BCUT2D eigenvalue weighted by Crippen LogP contribution is 2.29. The van der Waals surface area contributed by atoms with E-state index in [-0.39, 0.29) is 22.6 Å². The molecule has 2 N–H and O–H groups in total. The molecule has 140 valence electrons. The maximum absolute atomic E-state index is 13.7.